The van der Waals surface area contributed by atoms with Gasteiger partial charge in [-0.25, -0.2) is 0 Å². The van der Waals surface area contributed by atoms with Crippen LogP contribution in [0, 0.1) is 5.92 Å². The molecule has 0 bridgehead atoms. The van der Waals surface area contributed by atoms with E-state index >= 15 is 0 Å². The molecule has 1 unspecified atom stereocenters. The Balaban J connectivity index is 2.48. The molecule has 1 atom stereocenters. The zero-order valence-corrected chi connectivity index (χ0v) is 11.2. The first-order chi connectivity index (χ1) is 7.99. The molecule has 2 nitrogen and oxygen atoms in total. The van der Waals surface area contributed by atoms with E-state index in [9.17, 15) is 0 Å². The van der Waals surface area contributed by atoms with Crippen LogP contribution in [0.1, 0.15) is 33.3 Å². The van der Waals surface area contributed by atoms with Gasteiger partial charge in [-0.1, -0.05) is 38.1 Å². The van der Waals surface area contributed by atoms with E-state index in [0.717, 1.165) is 16.9 Å². The smallest absolute Gasteiger partial charge is 0.196 e. The van der Waals surface area contributed by atoms with Gasteiger partial charge in [-0.05, 0) is 37.5 Å². The van der Waals surface area contributed by atoms with Gasteiger partial charge in [-0.15, -0.1) is 0 Å². The maximum atomic E-state index is 5.65. The number of hydrogen-bond donors (Lipinski definition) is 0. The lowest BCUT2D eigenvalue weighted by molar-refractivity contribution is -0.0755. The predicted molar refractivity (Wildman–Crippen MR) is 72.0 cm³/mol. The molecule has 94 valence electrons. The monoisotopic (exact) mass is 234 g/mol. The number of hydrogen-bond acceptors (Lipinski definition) is 2. The molecule has 0 aromatic heterocycles. The molecule has 0 fully saturated rings. The van der Waals surface area contributed by atoms with Gasteiger partial charge in [-0.3, -0.25) is 0 Å². The quantitative estimate of drug-likeness (QED) is 0.689. The van der Waals surface area contributed by atoms with Crippen LogP contribution in [-0.4, -0.2) is 12.9 Å². The predicted octanol–water partition coefficient (Wildman–Crippen LogP) is 4.12. The van der Waals surface area contributed by atoms with Crippen LogP contribution in [0.15, 0.2) is 30.8 Å². The molecule has 0 saturated heterocycles. The van der Waals surface area contributed by atoms with Gasteiger partial charge >= 0.3 is 0 Å². The maximum absolute atomic E-state index is 5.65. The first-order valence-electron chi connectivity index (χ1n) is 6.03. The first-order valence-corrected chi connectivity index (χ1v) is 6.03. The van der Waals surface area contributed by atoms with Crippen molar-refractivity contribution in [1.82, 2.24) is 0 Å². The van der Waals surface area contributed by atoms with Crippen molar-refractivity contribution in [2.24, 2.45) is 5.92 Å². The number of rotatable bonds is 6. The summed E-state index contributed by atoms with van der Waals surface area (Å²) in [6, 6.07) is 7.90. The summed E-state index contributed by atoms with van der Waals surface area (Å²) in [5.41, 5.74) is 2.19. The molecule has 0 amide bonds. The zero-order chi connectivity index (χ0) is 12.8. The SMILES string of the molecule is C=C(C)c1ccc(OC(C)OCC(C)C)cc1. The number of benzene rings is 1. The van der Waals surface area contributed by atoms with E-state index in [1.54, 1.807) is 0 Å². The van der Waals surface area contributed by atoms with Crippen LogP contribution < -0.4 is 4.74 Å². The Labute approximate surface area is 104 Å². The highest BCUT2D eigenvalue weighted by molar-refractivity contribution is 5.61. The van der Waals surface area contributed by atoms with E-state index in [0.29, 0.717) is 12.5 Å². The summed E-state index contributed by atoms with van der Waals surface area (Å²) in [6.45, 7) is 12.8. The molecule has 1 aromatic carbocycles. The maximum Gasteiger partial charge on any atom is 0.196 e. The molecule has 0 aliphatic heterocycles. The van der Waals surface area contributed by atoms with Gasteiger partial charge < -0.3 is 9.47 Å². The van der Waals surface area contributed by atoms with Crippen LogP contribution >= 0.6 is 0 Å². The van der Waals surface area contributed by atoms with Gasteiger partial charge in [0, 0.05) is 0 Å². The van der Waals surface area contributed by atoms with E-state index in [2.05, 4.69) is 20.4 Å². The Morgan fingerprint density at radius 1 is 1.18 bits per heavy atom. The molecular formula is C15H22O2. The molecule has 0 N–H and O–H groups in total. The molecule has 0 spiro atoms. The third kappa shape index (κ3) is 5.05. The van der Waals surface area contributed by atoms with Gasteiger partial charge in [0.05, 0.1) is 6.61 Å². The summed E-state index contributed by atoms with van der Waals surface area (Å²) in [5, 5.41) is 0. The molecule has 1 rings (SSSR count). The topological polar surface area (TPSA) is 18.5 Å². The Bertz CT molecular complexity index is 352. The van der Waals surface area contributed by atoms with E-state index < -0.39 is 0 Å². The minimum absolute atomic E-state index is 0.215. The molecule has 2 heteroatoms. The van der Waals surface area contributed by atoms with E-state index in [1.165, 1.54) is 0 Å². The van der Waals surface area contributed by atoms with Crippen LogP contribution in [0.5, 0.6) is 5.75 Å². The molecular weight excluding hydrogens is 212 g/mol. The number of ether oxygens (including phenoxy) is 2. The highest BCUT2D eigenvalue weighted by Gasteiger charge is 2.05. The van der Waals surface area contributed by atoms with Crippen LogP contribution in [0.3, 0.4) is 0 Å². The summed E-state index contributed by atoms with van der Waals surface area (Å²) in [4.78, 5) is 0. The molecule has 0 aliphatic rings. The van der Waals surface area contributed by atoms with Crippen molar-refractivity contribution in [2.75, 3.05) is 6.61 Å². The van der Waals surface area contributed by atoms with E-state index in [-0.39, 0.29) is 6.29 Å². The second kappa shape index (κ2) is 6.45. The lowest BCUT2D eigenvalue weighted by Crippen LogP contribution is -2.18. The highest BCUT2D eigenvalue weighted by Crippen LogP contribution is 2.18. The van der Waals surface area contributed by atoms with Crippen LogP contribution in [0.25, 0.3) is 5.57 Å². The minimum Gasteiger partial charge on any atom is -0.465 e. The fraction of sp³-hybridized carbons (Fsp3) is 0.467. The normalized spacial score (nSPS) is 12.5. The van der Waals surface area contributed by atoms with Gasteiger partial charge in [0.15, 0.2) is 6.29 Å². The summed E-state index contributed by atoms with van der Waals surface area (Å²) < 4.78 is 11.2. The van der Waals surface area contributed by atoms with Crippen molar-refractivity contribution in [3.8, 4) is 5.75 Å². The number of allylic oxidation sites excluding steroid dienone is 1. The lowest BCUT2D eigenvalue weighted by atomic mass is 10.1. The van der Waals surface area contributed by atoms with Crippen molar-refractivity contribution < 1.29 is 9.47 Å². The van der Waals surface area contributed by atoms with Gasteiger partial charge in [0.1, 0.15) is 5.75 Å². The van der Waals surface area contributed by atoms with Crippen molar-refractivity contribution in [3.63, 3.8) is 0 Å². The molecule has 0 aliphatic carbocycles. The van der Waals surface area contributed by atoms with E-state index in [4.69, 9.17) is 9.47 Å². The molecule has 17 heavy (non-hydrogen) atoms. The van der Waals surface area contributed by atoms with Crippen molar-refractivity contribution >= 4 is 5.57 Å². The largest absolute Gasteiger partial charge is 0.465 e. The Morgan fingerprint density at radius 3 is 2.24 bits per heavy atom. The summed E-state index contributed by atoms with van der Waals surface area (Å²) in [6.07, 6.45) is -0.215. The van der Waals surface area contributed by atoms with Crippen molar-refractivity contribution in [2.45, 2.75) is 34.0 Å². The average molecular weight is 234 g/mol. The molecule has 0 heterocycles. The first kappa shape index (κ1) is 13.8. The zero-order valence-electron chi connectivity index (χ0n) is 11.2. The van der Waals surface area contributed by atoms with Crippen molar-refractivity contribution in [1.29, 1.82) is 0 Å². The van der Waals surface area contributed by atoms with Crippen molar-refractivity contribution in [3.05, 3.63) is 36.4 Å². The average Bonchev–Trinajstić information content (AvgIpc) is 2.27. The summed E-state index contributed by atoms with van der Waals surface area (Å²) in [5.74, 6) is 1.35. The van der Waals surface area contributed by atoms with Gasteiger partial charge in [0.2, 0.25) is 0 Å². The fourth-order valence-electron chi connectivity index (χ4n) is 1.37. The standard InChI is InChI=1S/C15H22O2/c1-11(2)10-16-13(5)17-15-8-6-14(7-9-15)12(3)4/h6-9,11,13H,3,10H2,1-2,4-5H3. The minimum atomic E-state index is -0.215. The second-order valence-electron chi connectivity index (χ2n) is 4.72. The van der Waals surface area contributed by atoms with Crippen LogP contribution in [0.4, 0.5) is 0 Å². The third-order valence-corrected chi connectivity index (χ3v) is 2.31. The van der Waals surface area contributed by atoms with Gasteiger partial charge in [0.25, 0.3) is 0 Å². The van der Waals surface area contributed by atoms with Crippen LogP contribution in [-0.2, 0) is 4.74 Å². The Hall–Kier alpha value is -1.28. The Kier molecular flexibility index (Phi) is 5.23. The van der Waals surface area contributed by atoms with E-state index in [1.807, 2.05) is 38.1 Å². The highest BCUT2D eigenvalue weighted by atomic mass is 16.7. The molecule has 1 aromatic rings. The van der Waals surface area contributed by atoms with Crippen LogP contribution in [0.2, 0.25) is 0 Å². The Morgan fingerprint density at radius 2 is 1.76 bits per heavy atom. The summed E-state index contributed by atoms with van der Waals surface area (Å²) >= 11 is 0. The van der Waals surface area contributed by atoms with Gasteiger partial charge in [-0.2, -0.15) is 0 Å². The fourth-order valence-corrected chi connectivity index (χ4v) is 1.37. The lowest BCUT2D eigenvalue weighted by Gasteiger charge is -2.16. The molecule has 0 radical (unpaired) electrons. The molecule has 0 saturated carbocycles. The summed E-state index contributed by atoms with van der Waals surface area (Å²) in [7, 11) is 0. The third-order valence-electron chi connectivity index (χ3n) is 2.31. The second-order valence-corrected chi connectivity index (χ2v) is 4.72.